The van der Waals surface area contributed by atoms with Gasteiger partial charge in [0.25, 0.3) is 0 Å². The molecule has 0 bridgehead atoms. The number of H-pyrrole nitrogens is 1. The van der Waals surface area contributed by atoms with Gasteiger partial charge in [0.2, 0.25) is 11.9 Å². The Morgan fingerprint density at radius 1 is 1.21 bits per heavy atom. The minimum absolute atomic E-state index is 0.284. The molecule has 3 heterocycles. The second-order valence-electron chi connectivity index (χ2n) is 4.97. The summed E-state index contributed by atoms with van der Waals surface area (Å²) in [6, 6.07) is 7.78. The van der Waals surface area contributed by atoms with Crippen molar-refractivity contribution >= 4 is 50.5 Å². The topological polar surface area (TPSA) is 95.6 Å². The SMILES string of the molecule is O=c1nc(NCc2ccsc2)nc(Nc2ccc3ncsc3c2)[nH]1. The van der Waals surface area contributed by atoms with Gasteiger partial charge in [0.15, 0.2) is 0 Å². The quantitative estimate of drug-likeness (QED) is 0.508. The fraction of sp³-hybridized carbons (Fsp3) is 0.0667. The Balaban J connectivity index is 1.54. The zero-order valence-electron chi connectivity index (χ0n) is 12.3. The van der Waals surface area contributed by atoms with Crippen molar-refractivity contribution in [3.8, 4) is 0 Å². The smallest absolute Gasteiger partial charge is 0.350 e. The third-order valence-corrected chi connectivity index (χ3v) is 4.80. The lowest BCUT2D eigenvalue weighted by atomic mass is 10.3. The average Bonchev–Trinajstić information content (AvgIpc) is 3.23. The number of nitrogens with one attached hydrogen (secondary N) is 3. The van der Waals surface area contributed by atoms with Gasteiger partial charge in [-0.25, -0.2) is 9.78 Å². The van der Waals surface area contributed by atoms with E-state index in [9.17, 15) is 4.79 Å². The van der Waals surface area contributed by atoms with Crippen LogP contribution in [0.15, 0.2) is 45.3 Å². The van der Waals surface area contributed by atoms with Crippen molar-refractivity contribution in [2.24, 2.45) is 0 Å². The standard InChI is InChI=1S/C15H12N6OS2/c22-15-20-13(16-6-9-3-4-23-7-9)19-14(21-15)18-10-1-2-11-12(5-10)24-8-17-11/h1-5,7-8H,6H2,(H3,16,18,19,20,21,22). The van der Waals surface area contributed by atoms with Gasteiger partial charge in [0, 0.05) is 12.2 Å². The van der Waals surface area contributed by atoms with Gasteiger partial charge in [-0.2, -0.15) is 21.3 Å². The maximum atomic E-state index is 11.7. The molecule has 0 amide bonds. The van der Waals surface area contributed by atoms with E-state index in [-0.39, 0.29) is 5.95 Å². The Hall–Kier alpha value is -2.78. The summed E-state index contributed by atoms with van der Waals surface area (Å²) in [5.74, 6) is 0.623. The summed E-state index contributed by atoms with van der Waals surface area (Å²) >= 11 is 3.18. The van der Waals surface area contributed by atoms with Crippen LogP contribution >= 0.6 is 22.7 Å². The molecular formula is C15H12N6OS2. The van der Waals surface area contributed by atoms with Crippen molar-refractivity contribution in [2.75, 3.05) is 10.6 Å². The van der Waals surface area contributed by atoms with Gasteiger partial charge < -0.3 is 10.6 Å². The Morgan fingerprint density at radius 2 is 2.17 bits per heavy atom. The average molecular weight is 356 g/mol. The number of hydrogen-bond acceptors (Lipinski definition) is 8. The molecule has 0 atom stereocenters. The summed E-state index contributed by atoms with van der Waals surface area (Å²) < 4.78 is 1.06. The van der Waals surface area contributed by atoms with E-state index < -0.39 is 5.69 Å². The summed E-state index contributed by atoms with van der Waals surface area (Å²) in [6.45, 7) is 0.569. The van der Waals surface area contributed by atoms with Gasteiger partial charge in [0.05, 0.1) is 15.7 Å². The summed E-state index contributed by atoms with van der Waals surface area (Å²) in [5.41, 5.74) is 4.23. The highest BCUT2D eigenvalue weighted by atomic mass is 32.1. The van der Waals surface area contributed by atoms with E-state index in [1.54, 1.807) is 28.2 Å². The summed E-state index contributed by atoms with van der Waals surface area (Å²) in [5, 5.41) is 10.2. The summed E-state index contributed by atoms with van der Waals surface area (Å²) in [4.78, 5) is 26.7. The van der Waals surface area contributed by atoms with Crippen LogP contribution in [0.1, 0.15) is 5.56 Å². The fourth-order valence-corrected chi connectivity index (χ4v) is 3.55. The number of thiazole rings is 1. The molecule has 3 aromatic heterocycles. The van der Waals surface area contributed by atoms with E-state index in [1.807, 2.05) is 35.0 Å². The van der Waals surface area contributed by atoms with Gasteiger partial charge >= 0.3 is 5.69 Å². The molecule has 24 heavy (non-hydrogen) atoms. The molecule has 120 valence electrons. The van der Waals surface area contributed by atoms with E-state index >= 15 is 0 Å². The first-order valence-corrected chi connectivity index (χ1v) is 8.92. The lowest BCUT2D eigenvalue weighted by Crippen LogP contribution is -2.17. The zero-order chi connectivity index (χ0) is 16.4. The van der Waals surface area contributed by atoms with Crippen molar-refractivity contribution in [3.05, 3.63) is 56.6 Å². The van der Waals surface area contributed by atoms with E-state index in [0.29, 0.717) is 12.5 Å². The number of benzene rings is 1. The third kappa shape index (κ3) is 3.26. The molecule has 0 radical (unpaired) electrons. The van der Waals surface area contributed by atoms with Crippen LogP contribution in [-0.2, 0) is 6.54 Å². The minimum atomic E-state index is -0.459. The van der Waals surface area contributed by atoms with Gasteiger partial charge in [0.1, 0.15) is 0 Å². The van der Waals surface area contributed by atoms with Gasteiger partial charge in [-0.05, 0) is 40.6 Å². The summed E-state index contributed by atoms with van der Waals surface area (Å²) in [6.07, 6.45) is 0. The van der Waals surface area contributed by atoms with Crippen LogP contribution < -0.4 is 16.3 Å². The van der Waals surface area contributed by atoms with Gasteiger partial charge in [-0.15, -0.1) is 11.3 Å². The van der Waals surface area contributed by atoms with Crippen LogP contribution in [-0.4, -0.2) is 19.9 Å². The zero-order valence-corrected chi connectivity index (χ0v) is 13.9. The molecule has 0 aliphatic heterocycles. The lowest BCUT2D eigenvalue weighted by molar-refractivity contribution is 0.968. The predicted molar refractivity (Wildman–Crippen MR) is 97.2 cm³/mol. The Labute approximate surface area is 144 Å². The summed E-state index contributed by atoms with van der Waals surface area (Å²) in [7, 11) is 0. The molecule has 0 saturated carbocycles. The molecule has 0 unspecified atom stereocenters. The Bertz CT molecular complexity index is 1020. The van der Waals surface area contributed by atoms with Crippen LogP contribution in [0.5, 0.6) is 0 Å². The first-order valence-electron chi connectivity index (χ1n) is 7.10. The molecular weight excluding hydrogens is 344 g/mol. The number of rotatable bonds is 5. The Morgan fingerprint density at radius 3 is 3.04 bits per heavy atom. The fourth-order valence-electron chi connectivity index (χ4n) is 2.17. The van der Waals surface area contributed by atoms with E-state index in [4.69, 9.17) is 0 Å². The van der Waals surface area contributed by atoms with Crippen molar-refractivity contribution < 1.29 is 0 Å². The van der Waals surface area contributed by atoms with E-state index in [1.165, 1.54) is 0 Å². The van der Waals surface area contributed by atoms with Crippen molar-refractivity contribution in [1.82, 2.24) is 19.9 Å². The number of anilines is 3. The number of fused-ring (bicyclic) bond motifs is 1. The first-order chi connectivity index (χ1) is 11.8. The maximum absolute atomic E-state index is 11.7. The second kappa shape index (κ2) is 6.38. The van der Waals surface area contributed by atoms with Crippen LogP contribution in [0.4, 0.5) is 17.6 Å². The van der Waals surface area contributed by atoms with Gasteiger partial charge in [-0.3, -0.25) is 4.98 Å². The molecule has 0 spiro atoms. The highest BCUT2D eigenvalue weighted by Crippen LogP contribution is 2.23. The van der Waals surface area contributed by atoms with Crippen LogP contribution in [0.25, 0.3) is 10.2 Å². The molecule has 0 saturated heterocycles. The molecule has 4 aromatic rings. The van der Waals surface area contributed by atoms with Crippen molar-refractivity contribution in [2.45, 2.75) is 6.54 Å². The molecule has 1 aromatic carbocycles. The molecule has 7 nitrogen and oxygen atoms in total. The number of aromatic amines is 1. The Kier molecular flexibility index (Phi) is 3.93. The predicted octanol–water partition coefficient (Wildman–Crippen LogP) is 3.19. The van der Waals surface area contributed by atoms with Crippen molar-refractivity contribution in [3.63, 3.8) is 0 Å². The first kappa shape index (κ1) is 14.8. The maximum Gasteiger partial charge on any atom is 0.351 e. The minimum Gasteiger partial charge on any atom is -0.350 e. The highest BCUT2D eigenvalue weighted by molar-refractivity contribution is 7.16. The molecule has 0 aliphatic rings. The molecule has 0 aliphatic carbocycles. The van der Waals surface area contributed by atoms with E-state index in [2.05, 4.69) is 30.6 Å². The van der Waals surface area contributed by atoms with Crippen molar-refractivity contribution in [1.29, 1.82) is 0 Å². The largest absolute Gasteiger partial charge is 0.351 e. The lowest BCUT2D eigenvalue weighted by Gasteiger charge is -2.07. The van der Waals surface area contributed by atoms with Crippen LogP contribution in [0, 0.1) is 0 Å². The molecule has 9 heteroatoms. The van der Waals surface area contributed by atoms with E-state index in [0.717, 1.165) is 21.5 Å². The number of thiophene rings is 1. The van der Waals surface area contributed by atoms with Crippen LogP contribution in [0.2, 0.25) is 0 Å². The highest BCUT2D eigenvalue weighted by Gasteiger charge is 2.05. The normalized spacial score (nSPS) is 10.8. The van der Waals surface area contributed by atoms with Crippen LogP contribution in [0.3, 0.4) is 0 Å². The third-order valence-electron chi connectivity index (χ3n) is 3.28. The molecule has 0 fully saturated rings. The monoisotopic (exact) mass is 356 g/mol. The molecule has 4 rings (SSSR count). The number of nitrogens with zero attached hydrogens (tertiary/aromatic N) is 3. The number of aromatic nitrogens is 4. The number of hydrogen-bond donors (Lipinski definition) is 3. The molecule has 3 N–H and O–H groups in total. The second-order valence-corrected chi connectivity index (χ2v) is 6.64. The van der Waals surface area contributed by atoms with Gasteiger partial charge in [-0.1, -0.05) is 0 Å².